The summed E-state index contributed by atoms with van der Waals surface area (Å²) >= 11 is 0. The van der Waals surface area contributed by atoms with Gasteiger partial charge in [0.05, 0.1) is 19.9 Å². The molecular formula is C16H20N2O2. The number of nitrogens with one attached hydrogen (secondary N) is 1. The normalized spacial score (nSPS) is 10.3. The van der Waals surface area contributed by atoms with Crippen molar-refractivity contribution < 1.29 is 9.47 Å². The molecule has 0 saturated heterocycles. The molecule has 1 heterocycles. The lowest BCUT2D eigenvalue weighted by molar-refractivity contribution is 0.339. The standard InChI is InChI=1S/C16H20N2O2/c1-4-20-15-8-13(10-18-11-15)12-5-6-16(19-3)14(7-12)9-17-2/h5-8,10-11,17H,4,9H2,1-3H3. The highest BCUT2D eigenvalue weighted by atomic mass is 16.5. The largest absolute Gasteiger partial charge is 0.496 e. The zero-order chi connectivity index (χ0) is 14.4. The lowest BCUT2D eigenvalue weighted by Gasteiger charge is -2.11. The molecule has 0 amide bonds. The maximum absolute atomic E-state index is 5.49. The molecule has 4 nitrogen and oxygen atoms in total. The summed E-state index contributed by atoms with van der Waals surface area (Å²) in [6, 6.07) is 8.13. The van der Waals surface area contributed by atoms with Gasteiger partial charge in [-0.15, -0.1) is 0 Å². The lowest BCUT2D eigenvalue weighted by atomic mass is 10.0. The van der Waals surface area contributed by atoms with Crippen LogP contribution in [0.1, 0.15) is 12.5 Å². The van der Waals surface area contributed by atoms with Crippen molar-refractivity contribution in [2.75, 3.05) is 20.8 Å². The topological polar surface area (TPSA) is 43.4 Å². The van der Waals surface area contributed by atoms with Gasteiger partial charge in [-0.1, -0.05) is 6.07 Å². The molecule has 0 spiro atoms. The van der Waals surface area contributed by atoms with Gasteiger partial charge in [-0.2, -0.15) is 0 Å². The number of hydrogen-bond acceptors (Lipinski definition) is 4. The van der Waals surface area contributed by atoms with Gasteiger partial charge in [0.25, 0.3) is 0 Å². The molecule has 1 N–H and O–H groups in total. The highest BCUT2D eigenvalue weighted by Crippen LogP contribution is 2.28. The van der Waals surface area contributed by atoms with Crippen LogP contribution in [0.4, 0.5) is 0 Å². The van der Waals surface area contributed by atoms with E-state index in [0.717, 1.165) is 34.7 Å². The van der Waals surface area contributed by atoms with Gasteiger partial charge in [0.1, 0.15) is 11.5 Å². The van der Waals surface area contributed by atoms with Crippen LogP contribution in [0.25, 0.3) is 11.1 Å². The van der Waals surface area contributed by atoms with Gasteiger partial charge in [0.15, 0.2) is 0 Å². The monoisotopic (exact) mass is 272 g/mol. The number of pyridine rings is 1. The summed E-state index contributed by atoms with van der Waals surface area (Å²) < 4.78 is 10.9. The van der Waals surface area contributed by atoms with Gasteiger partial charge in [0.2, 0.25) is 0 Å². The van der Waals surface area contributed by atoms with E-state index in [1.54, 1.807) is 13.3 Å². The molecule has 1 aromatic heterocycles. The molecular weight excluding hydrogens is 252 g/mol. The van der Waals surface area contributed by atoms with Crippen LogP contribution in [0.3, 0.4) is 0 Å². The second-order valence-electron chi connectivity index (χ2n) is 4.40. The molecule has 0 aliphatic carbocycles. The van der Waals surface area contributed by atoms with E-state index in [1.807, 2.05) is 38.4 Å². The number of benzene rings is 1. The maximum atomic E-state index is 5.49. The summed E-state index contributed by atoms with van der Waals surface area (Å²) in [5.74, 6) is 1.67. The van der Waals surface area contributed by atoms with Crippen LogP contribution in [-0.4, -0.2) is 25.7 Å². The van der Waals surface area contributed by atoms with E-state index in [-0.39, 0.29) is 0 Å². The Labute approximate surface area is 119 Å². The van der Waals surface area contributed by atoms with Gasteiger partial charge < -0.3 is 14.8 Å². The summed E-state index contributed by atoms with van der Waals surface area (Å²) in [6.45, 7) is 3.36. The maximum Gasteiger partial charge on any atom is 0.138 e. The smallest absolute Gasteiger partial charge is 0.138 e. The van der Waals surface area contributed by atoms with E-state index in [0.29, 0.717) is 6.61 Å². The predicted octanol–water partition coefficient (Wildman–Crippen LogP) is 2.88. The SMILES string of the molecule is CCOc1cncc(-c2ccc(OC)c(CNC)c2)c1. The van der Waals surface area contributed by atoms with Crippen molar-refractivity contribution in [3.05, 3.63) is 42.2 Å². The van der Waals surface area contributed by atoms with E-state index in [2.05, 4.69) is 16.4 Å². The molecule has 0 bridgehead atoms. The van der Waals surface area contributed by atoms with Gasteiger partial charge in [0, 0.05) is 23.9 Å². The Balaban J connectivity index is 2.36. The Hall–Kier alpha value is -2.07. The molecule has 1 aromatic carbocycles. The number of hydrogen-bond donors (Lipinski definition) is 1. The second-order valence-corrected chi connectivity index (χ2v) is 4.40. The van der Waals surface area contributed by atoms with Crippen molar-refractivity contribution in [1.82, 2.24) is 10.3 Å². The number of ether oxygens (including phenoxy) is 2. The van der Waals surface area contributed by atoms with E-state index in [9.17, 15) is 0 Å². The average molecular weight is 272 g/mol. The van der Waals surface area contributed by atoms with Crippen LogP contribution >= 0.6 is 0 Å². The highest BCUT2D eigenvalue weighted by Gasteiger charge is 2.06. The summed E-state index contributed by atoms with van der Waals surface area (Å²) in [7, 11) is 3.61. The van der Waals surface area contributed by atoms with Crippen LogP contribution < -0.4 is 14.8 Å². The number of aromatic nitrogens is 1. The summed E-state index contributed by atoms with van der Waals surface area (Å²) in [5.41, 5.74) is 3.26. The third-order valence-corrected chi connectivity index (χ3v) is 3.01. The van der Waals surface area contributed by atoms with Gasteiger partial charge in [-0.25, -0.2) is 0 Å². The quantitative estimate of drug-likeness (QED) is 0.878. The molecule has 0 aliphatic heterocycles. The molecule has 4 heteroatoms. The zero-order valence-corrected chi connectivity index (χ0v) is 12.1. The van der Waals surface area contributed by atoms with Crippen LogP contribution in [-0.2, 0) is 6.54 Å². The van der Waals surface area contributed by atoms with Crippen molar-refractivity contribution in [3.63, 3.8) is 0 Å². The van der Waals surface area contributed by atoms with Crippen LogP contribution in [0.5, 0.6) is 11.5 Å². The fraction of sp³-hybridized carbons (Fsp3) is 0.312. The Kier molecular flexibility index (Phi) is 4.96. The molecule has 0 fully saturated rings. The Morgan fingerprint density at radius 3 is 2.70 bits per heavy atom. The molecule has 2 rings (SSSR count). The molecule has 106 valence electrons. The van der Waals surface area contributed by atoms with Gasteiger partial charge in [-0.05, 0) is 37.7 Å². The number of nitrogens with zero attached hydrogens (tertiary/aromatic N) is 1. The van der Waals surface area contributed by atoms with Crippen molar-refractivity contribution in [2.45, 2.75) is 13.5 Å². The van der Waals surface area contributed by atoms with Gasteiger partial charge >= 0.3 is 0 Å². The third kappa shape index (κ3) is 3.27. The number of methoxy groups -OCH3 is 1. The Morgan fingerprint density at radius 2 is 2.00 bits per heavy atom. The first-order valence-corrected chi connectivity index (χ1v) is 6.68. The van der Waals surface area contributed by atoms with E-state index >= 15 is 0 Å². The van der Waals surface area contributed by atoms with Crippen molar-refractivity contribution in [3.8, 4) is 22.6 Å². The number of rotatable bonds is 6. The van der Waals surface area contributed by atoms with E-state index < -0.39 is 0 Å². The molecule has 0 saturated carbocycles. The van der Waals surface area contributed by atoms with Gasteiger partial charge in [-0.3, -0.25) is 4.98 Å². The zero-order valence-electron chi connectivity index (χ0n) is 12.1. The van der Waals surface area contributed by atoms with Crippen LogP contribution in [0.2, 0.25) is 0 Å². The Morgan fingerprint density at radius 1 is 1.15 bits per heavy atom. The first kappa shape index (κ1) is 14.3. The van der Waals surface area contributed by atoms with Crippen molar-refractivity contribution >= 4 is 0 Å². The fourth-order valence-electron chi connectivity index (χ4n) is 2.11. The minimum atomic E-state index is 0.638. The summed E-state index contributed by atoms with van der Waals surface area (Å²) in [5, 5.41) is 3.15. The highest BCUT2D eigenvalue weighted by molar-refractivity contribution is 5.66. The first-order chi connectivity index (χ1) is 9.78. The molecule has 0 atom stereocenters. The molecule has 2 aromatic rings. The Bertz CT molecular complexity index is 570. The summed E-state index contributed by atoms with van der Waals surface area (Å²) in [4.78, 5) is 4.23. The van der Waals surface area contributed by atoms with Crippen molar-refractivity contribution in [1.29, 1.82) is 0 Å². The second kappa shape index (κ2) is 6.91. The van der Waals surface area contributed by atoms with E-state index in [1.165, 1.54) is 0 Å². The minimum Gasteiger partial charge on any atom is -0.496 e. The molecule has 0 radical (unpaired) electrons. The lowest BCUT2D eigenvalue weighted by Crippen LogP contribution is -2.06. The first-order valence-electron chi connectivity index (χ1n) is 6.68. The predicted molar refractivity (Wildman–Crippen MR) is 80.2 cm³/mol. The van der Waals surface area contributed by atoms with Crippen LogP contribution in [0, 0.1) is 0 Å². The third-order valence-electron chi connectivity index (χ3n) is 3.01. The minimum absolute atomic E-state index is 0.638. The van der Waals surface area contributed by atoms with Crippen molar-refractivity contribution in [2.24, 2.45) is 0 Å². The van der Waals surface area contributed by atoms with E-state index in [4.69, 9.17) is 9.47 Å². The molecule has 0 aliphatic rings. The molecule has 0 unspecified atom stereocenters. The fourth-order valence-corrected chi connectivity index (χ4v) is 2.11. The molecule has 20 heavy (non-hydrogen) atoms. The van der Waals surface area contributed by atoms with Crippen LogP contribution in [0.15, 0.2) is 36.7 Å². The average Bonchev–Trinajstić information content (AvgIpc) is 2.48. The summed E-state index contributed by atoms with van der Waals surface area (Å²) in [6.07, 6.45) is 3.57.